The fraction of sp³-hybridized carbons (Fsp3) is 0.0588. The van der Waals surface area contributed by atoms with Crippen LogP contribution in [0.5, 0.6) is 0 Å². The molecule has 0 aliphatic rings. The van der Waals surface area contributed by atoms with Crippen molar-refractivity contribution in [1.82, 2.24) is 15.0 Å². The largest absolute Gasteiger partial charge is 0.366 e. The van der Waals surface area contributed by atoms with Crippen LogP contribution in [0.15, 0.2) is 54.9 Å². The van der Waals surface area contributed by atoms with Gasteiger partial charge in [0.25, 0.3) is 5.91 Å². The summed E-state index contributed by atoms with van der Waals surface area (Å²) in [4.78, 5) is 24.1. The van der Waals surface area contributed by atoms with Crippen molar-refractivity contribution >= 4 is 17.5 Å². The van der Waals surface area contributed by atoms with Gasteiger partial charge in [-0.25, -0.2) is 4.68 Å². The zero-order valence-corrected chi connectivity index (χ0v) is 12.9. The van der Waals surface area contributed by atoms with E-state index in [0.29, 0.717) is 28.1 Å². The smallest absolute Gasteiger partial charge is 0.257 e. The standard InChI is InChI=1S/C17H15N5O2/c1-11-12(16(18)23)6-4-7-14(11)20-17(24)13-5-2-3-8-15(13)22-10-9-19-21-22/h2-10H,1H3,(H2,18,23)(H,20,24). The zero-order valence-electron chi connectivity index (χ0n) is 12.9. The van der Waals surface area contributed by atoms with Crippen LogP contribution in [0.25, 0.3) is 5.69 Å². The number of anilines is 1. The first-order chi connectivity index (χ1) is 11.6. The molecule has 3 rings (SSSR count). The van der Waals surface area contributed by atoms with Crippen molar-refractivity contribution in [3.63, 3.8) is 0 Å². The van der Waals surface area contributed by atoms with Gasteiger partial charge in [0.05, 0.1) is 23.6 Å². The molecule has 0 unspecified atom stereocenters. The molecule has 24 heavy (non-hydrogen) atoms. The first kappa shape index (κ1) is 15.4. The van der Waals surface area contributed by atoms with E-state index in [1.807, 2.05) is 6.07 Å². The Morgan fingerprint density at radius 3 is 2.54 bits per heavy atom. The molecule has 1 heterocycles. The number of carbonyl (C=O) groups excluding carboxylic acids is 2. The maximum atomic E-state index is 12.7. The quantitative estimate of drug-likeness (QED) is 0.766. The van der Waals surface area contributed by atoms with Crippen LogP contribution >= 0.6 is 0 Å². The third-order valence-electron chi connectivity index (χ3n) is 3.67. The summed E-state index contributed by atoms with van der Waals surface area (Å²) in [5.74, 6) is -0.850. The van der Waals surface area contributed by atoms with E-state index < -0.39 is 5.91 Å². The van der Waals surface area contributed by atoms with Crippen LogP contribution in [0.4, 0.5) is 5.69 Å². The molecule has 0 atom stereocenters. The van der Waals surface area contributed by atoms with Crippen LogP contribution in [0.3, 0.4) is 0 Å². The highest BCUT2D eigenvalue weighted by Gasteiger charge is 2.15. The molecule has 2 amide bonds. The molecule has 1 aromatic heterocycles. The number of hydrogen-bond donors (Lipinski definition) is 2. The molecule has 3 N–H and O–H groups in total. The van der Waals surface area contributed by atoms with Crippen molar-refractivity contribution in [3.05, 3.63) is 71.5 Å². The van der Waals surface area contributed by atoms with Gasteiger partial charge in [-0.2, -0.15) is 0 Å². The molecule has 7 heteroatoms. The predicted octanol–water partition coefficient (Wildman–Crippen LogP) is 1.93. The first-order valence-corrected chi connectivity index (χ1v) is 7.24. The predicted molar refractivity (Wildman–Crippen MR) is 89.0 cm³/mol. The number of amides is 2. The summed E-state index contributed by atoms with van der Waals surface area (Å²) in [5, 5.41) is 10.5. The number of nitrogens with one attached hydrogen (secondary N) is 1. The van der Waals surface area contributed by atoms with Gasteiger partial charge in [-0.1, -0.05) is 23.4 Å². The monoisotopic (exact) mass is 321 g/mol. The van der Waals surface area contributed by atoms with Crippen molar-refractivity contribution in [2.45, 2.75) is 6.92 Å². The summed E-state index contributed by atoms with van der Waals surface area (Å²) in [5.41, 5.74) is 7.91. The Hall–Kier alpha value is -3.48. The highest BCUT2D eigenvalue weighted by molar-refractivity contribution is 6.08. The van der Waals surface area contributed by atoms with Crippen LogP contribution in [0.2, 0.25) is 0 Å². The average molecular weight is 321 g/mol. The van der Waals surface area contributed by atoms with E-state index in [1.54, 1.807) is 49.5 Å². The number of rotatable bonds is 4. The average Bonchev–Trinajstić information content (AvgIpc) is 3.11. The second kappa shape index (κ2) is 6.33. The maximum absolute atomic E-state index is 12.7. The molecule has 3 aromatic rings. The summed E-state index contributed by atoms with van der Waals surface area (Å²) in [7, 11) is 0. The van der Waals surface area contributed by atoms with Crippen molar-refractivity contribution in [2.24, 2.45) is 5.73 Å². The number of para-hydroxylation sites is 1. The molecule has 0 aliphatic carbocycles. The summed E-state index contributed by atoms with van der Waals surface area (Å²) in [6.45, 7) is 1.74. The van der Waals surface area contributed by atoms with Gasteiger partial charge < -0.3 is 11.1 Å². The lowest BCUT2D eigenvalue weighted by Gasteiger charge is -2.13. The zero-order chi connectivity index (χ0) is 17.1. The van der Waals surface area contributed by atoms with Crippen LogP contribution in [-0.2, 0) is 0 Å². The van der Waals surface area contributed by atoms with Crippen molar-refractivity contribution in [2.75, 3.05) is 5.32 Å². The Kier molecular flexibility index (Phi) is 4.07. The van der Waals surface area contributed by atoms with Crippen molar-refractivity contribution in [1.29, 1.82) is 0 Å². The number of aromatic nitrogens is 3. The molecule has 7 nitrogen and oxygen atoms in total. The van der Waals surface area contributed by atoms with Gasteiger partial charge in [0.15, 0.2) is 0 Å². The molecule has 0 saturated heterocycles. The minimum atomic E-state index is -0.536. The molecule has 0 fully saturated rings. The Morgan fingerprint density at radius 1 is 1.08 bits per heavy atom. The molecule has 0 aliphatic heterocycles. The lowest BCUT2D eigenvalue weighted by atomic mass is 10.1. The van der Waals surface area contributed by atoms with Gasteiger partial charge >= 0.3 is 0 Å². The first-order valence-electron chi connectivity index (χ1n) is 7.24. The second-order valence-corrected chi connectivity index (χ2v) is 5.16. The summed E-state index contributed by atoms with van der Waals surface area (Å²) in [6, 6.07) is 12.1. The summed E-state index contributed by atoms with van der Waals surface area (Å²) < 4.78 is 1.52. The minimum absolute atomic E-state index is 0.314. The Bertz CT molecular complexity index is 903. The highest BCUT2D eigenvalue weighted by atomic mass is 16.2. The van der Waals surface area contributed by atoms with E-state index in [0.717, 1.165) is 0 Å². The second-order valence-electron chi connectivity index (χ2n) is 5.16. The van der Waals surface area contributed by atoms with E-state index in [1.165, 1.54) is 10.9 Å². The minimum Gasteiger partial charge on any atom is -0.366 e. The van der Waals surface area contributed by atoms with Gasteiger partial charge in [-0.15, -0.1) is 5.10 Å². The molecule has 0 saturated carbocycles. The molecular formula is C17H15N5O2. The number of primary amides is 1. The topological polar surface area (TPSA) is 103 Å². The molecular weight excluding hydrogens is 306 g/mol. The Labute approximate surface area is 138 Å². The lowest BCUT2D eigenvalue weighted by Crippen LogP contribution is -2.18. The fourth-order valence-electron chi connectivity index (χ4n) is 2.43. The summed E-state index contributed by atoms with van der Waals surface area (Å²) in [6.07, 6.45) is 3.19. The van der Waals surface area contributed by atoms with Gasteiger partial charge in [-0.05, 0) is 36.8 Å². The molecule has 0 bridgehead atoms. The molecule has 0 radical (unpaired) electrons. The third kappa shape index (κ3) is 2.87. The van der Waals surface area contributed by atoms with Gasteiger partial charge in [-0.3, -0.25) is 9.59 Å². The van der Waals surface area contributed by atoms with Crippen LogP contribution in [0.1, 0.15) is 26.3 Å². The number of hydrogen-bond acceptors (Lipinski definition) is 4. The normalized spacial score (nSPS) is 10.4. The highest BCUT2D eigenvalue weighted by Crippen LogP contribution is 2.21. The summed E-state index contributed by atoms with van der Waals surface area (Å²) >= 11 is 0. The van der Waals surface area contributed by atoms with Gasteiger partial charge in [0.2, 0.25) is 5.91 Å². The van der Waals surface area contributed by atoms with Crippen molar-refractivity contribution < 1.29 is 9.59 Å². The molecule has 0 spiro atoms. The van der Waals surface area contributed by atoms with E-state index in [-0.39, 0.29) is 5.91 Å². The Morgan fingerprint density at radius 2 is 1.83 bits per heavy atom. The van der Waals surface area contributed by atoms with Crippen molar-refractivity contribution in [3.8, 4) is 5.69 Å². The Balaban J connectivity index is 1.95. The number of nitrogens with zero attached hydrogens (tertiary/aromatic N) is 3. The van der Waals surface area contributed by atoms with E-state index in [2.05, 4.69) is 15.6 Å². The third-order valence-corrected chi connectivity index (χ3v) is 3.67. The van der Waals surface area contributed by atoms with E-state index in [9.17, 15) is 9.59 Å². The molecule has 2 aromatic carbocycles. The van der Waals surface area contributed by atoms with Crippen LogP contribution in [0, 0.1) is 6.92 Å². The van der Waals surface area contributed by atoms with Gasteiger partial charge in [0.1, 0.15) is 0 Å². The maximum Gasteiger partial charge on any atom is 0.257 e. The lowest BCUT2D eigenvalue weighted by molar-refractivity contribution is 0.0995. The van der Waals surface area contributed by atoms with Crippen LogP contribution < -0.4 is 11.1 Å². The SMILES string of the molecule is Cc1c(NC(=O)c2ccccc2-n2ccnn2)cccc1C(N)=O. The van der Waals surface area contributed by atoms with E-state index >= 15 is 0 Å². The van der Waals surface area contributed by atoms with E-state index in [4.69, 9.17) is 5.73 Å². The van der Waals surface area contributed by atoms with Crippen LogP contribution in [-0.4, -0.2) is 26.8 Å². The number of carbonyl (C=O) groups is 2. The fourth-order valence-corrected chi connectivity index (χ4v) is 2.43. The number of benzene rings is 2. The molecule has 120 valence electrons. The number of nitrogens with two attached hydrogens (primary N) is 1. The van der Waals surface area contributed by atoms with Gasteiger partial charge in [0, 0.05) is 11.3 Å².